The van der Waals surface area contributed by atoms with Gasteiger partial charge < -0.3 is 5.32 Å². The molecule has 5 heteroatoms. The third-order valence-corrected chi connectivity index (χ3v) is 4.20. The maximum Gasteiger partial charge on any atom is 0.160 e. The van der Waals surface area contributed by atoms with Crippen molar-refractivity contribution in [1.82, 2.24) is 19.9 Å². The molecule has 0 radical (unpaired) electrons. The summed E-state index contributed by atoms with van der Waals surface area (Å²) in [5.41, 5.74) is 0.920. The normalized spacial score (nSPS) is 17.6. The predicted octanol–water partition coefficient (Wildman–Crippen LogP) is 1.71. The van der Waals surface area contributed by atoms with Crippen molar-refractivity contribution >= 4 is 17.4 Å². The summed E-state index contributed by atoms with van der Waals surface area (Å²) in [6, 6.07) is 6.62. The van der Waals surface area contributed by atoms with E-state index in [4.69, 9.17) is 0 Å². The van der Waals surface area contributed by atoms with Gasteiger partial charge in [0.15, 0.2) is 11.5 Å². The van der Waals surface area contributed by atoms with E-state index in [2.05, 4.69) is 27.3 Å². The van der Waals surface area contributed by atoms with Crippen molar-refractivity contribution in [3.8, 4) is 0 Å². The summed E-state index contributed by atoms with van der Waals surface area (Å²) < 4.78 is 2.05. The third kappa shape index (κ3) is 2.45. The number of aromatic nitrogens is 3. The summed E-state index contributed by atoms with van der Waals surface area (Å²) >= 11 is 2.05. The minimum atomic E-state index is 0.646. The zero-order chi connectivity index (χ0) is 11.5. The second kappa shape index (κ2) is 5.06. The molecule has 0 saturated carbocycles. The van der Waals surface area contributed by atoms with E-state index in [0.717, 1.165) is 18.0 Å². The Bertz CT molecular complexity index is 490. The second-order valence-corrected chi connectivity index (χ2v) is 5.54. The summed E-state index contributed by atoms with van der Waals surface area (Å²) in [4.78, 5) is 0. The van der Waals surface area contributed by atoms with Crippen LogP contribution in [0.5, 0.6) is 0 Å². The van der Waals surface area contributed by atoms with Crippen molar-refractivity contribution in [1.29, 1.82) is 0 Å². The van der Waals surface area contributed by atoms with Gasteiger partial charge in [0.2, 0.25) is 0 Å². The quantitative estimate of drug-likeness (QED) is 0.898. The maximum atomic E-state index is 4.22. The van der Waals surface area contributed by atoms with Gasteiger partial charge in [-0.15, -0.1) is 10.2 Å². The molecule has 0 atom stereocenters. The lowest BCUT2D eigenvalue weighted by Crippen LogP contribution is -2.32. The Morgan fingerprint density at radius 1 is 1.29 bits per heavy atom. The van der Waals surface area contributed by atoms with Crippen LogP contribution >= 0.6 is 11.8 Å². The van der Waals surface area contributed by atoms with E-state index < -0.39 is 0 Å². The SMILES string of the molecule is c1ccn2c(CNC3CCSCC3)nnc2c1. The van der Waals surface area contributed by atoms with Gasteiger partial charge in [0.05, 0.1) is 6.54 Å². The van der Waals surface area contributed by atoms with Gasteiger partial charge in [-0.3, -0.25) is 4.40 Å². The van der Waals surface area contributed by atoms with E-state index in [1.807, 2.05) is 28.8 Å². The number of nitrogens with zero attached hydrogens (tertiary/aromatic N) is 3. The molecule has 0 spiro atoms. The lowest BCUT2D eigenvalue weighted by Gasteiger charge is -2.22. The lowest BCUT2D eigenvalue weighted by molar-refractivity contribution is 0.473. The van der Waals surface area contributed by atoms with Gasteiger partial charge in [-0.05, 0) is 36.5 Å². The average Bonchev–Trinajstić information content (AvgIpc) is 2.81. The molecule has 0 unspecified atom stereocenters. The first kappa shape index (κ1) is 11.0. The summed E-state index contributed by atoms with van der Waals surface area (Å²) in [7, 11) is 0. The number of fused-ring (bicyclic) bond motifs is 1. The van der Waals surface area contributed by atoms with Crippen LogP contribution < -0.4 is 5.32 Å². The molecule has 0 aliphatic carbocycles. The minimum Gasteiger partial charge on any atom is -0.307 e. The van der Waals surface area contributed by atoms with Gasteiger partial charge in [0.1, 0.15) is 0 Å². The van der Waals surface area contributed by atoms with Crippen molar-refractivity contribution in [2.24, 2.45) is 0 Å². The topological polar surface area (TPSA) is 42.2 Å². The largest absolute Gasteiger partial charge is 0.307 e. The molecular weight excluding hydrogens is 232 g/mol. The van der Waals surface area contributed by atoms with Crippen molar-refractivity contribution in [2.45, 2.75) is 25.4 Å². The monoisotopic (exact) mass is 248 g/mol. The smallest absolute Gasteiger partial charge is 0.160 e. The van der Waals surface area contributed by atoms with Crippen molar-refractivity contribution in [2.75, 3.05) is 11.5 Å². The lowest BCUT2D eigenvalue weighted by atomic mass is 10.1. The molecule has 3 rings (SSSR count). The number of hydrogen-bond donors (Lipinski definition) is 1. The predicted molar refractivity (Wildman–Crippen MR) is 70.2 cm³/mol. The second-order valence-electron chi connectivity index (χ2n) is 4.31. The molecule has 0 amide bonds. The minimum absolute atomic E-state index is 0.646. The van der Waals surface area contributed by atoms with Crippen LogP contribution in [0.2, 0.25) is 0 Å². The molecule has 1 fully saturated rings. The number of nitrogens with one attached hydrogen (secondary N) is 1. The molecule has 90 valence electrons. The molecule has 2 aromatic heterocycles. The molecular formula is C12H16N4S. The van der Waals surface area contributed by atoms with Crippen LogP contribution in [0.1, 0.15) is 18.7 Å². The van der Waals surface area contributed by atoms with E-state index in [1.54, 1.807) is 0 Å². The molecule has 4 nitrogen and oxygen atoms in total. The number of pyridine rings is 1. The first-order chi connectivity index (χ1) is 8.43. The molecule has 3 heterocycles. The number of thioether (sulfide) groups is 1. The fraction of sp³-hybridized carbons (Fsp3) is 0.500. The zero-order valence-electron chi connectivity index (χ0n) is 9.67. The molecule has 0 bridgehead atoms. The maximum absolute atomic E-state index is 4.22. The van der Waals surface area contributed by atoms with E-state index in [-0.39, 0.29) is 0 Å². The molecule has 1 aliphatic rings. The Balaban J connectivity index is 1.68. The molecule has 17 heavy (non-hydrogen) atoms. The zero-order valence-corrected chi connectivity index (χ0v) is 10.5. The van der Waals surface area contributed by atoms with Gasteiger partial charge in [-0.25, -0.2) is 0 Å². The highest BCUT2D eigenvalue weighted by Gasteiger charge is 2.14. The highest BCUT2D eigenvalue weighted by molar-refractivity contribution is 7.99. The summed E-state index contributed by atoms with van der Waals surface area (Å²) in [6.45, 7) is 0.806. The Labute approximate surface area is 105 Å². The average molecular weight is 248 g/mol. The van der Waals surface area contributed by atoms with Crippen LogP contribution in [-0.2, 0) is 6.54 Å². The van der Waals surface area contributed by atoms with Crippen molar-refractivity contribution < 1.29 is 0 Å². The van der Waals surface area contributed by atoms with Crippen LogP contribution in [0, 0.1) is 0 Å². The summed E-state index contributed by atoms with van der Waals surface area (Å²) in [5, 5.41) is 12.0. The van der Waals surface area contributed by atoms with Crippen molar-refractivity contribution in [3.63, 3.8) is 0 Å². The first-order valence-electron chi connectivity index (χ1n) is 6.03. The van der Waals surface area contributed by atoms with Gasteiger partial charge in [0, 0.05) is 12.2 Å². The highest BCUT2D eigenvalue weighted by atomic mass is 32.2. The van der Waals surface area contributed by atoms with Crippen LogP contribution in [0.3, 0.4) is 0 Å². The Morgan fingerprint density at radius 3 is 3.06 bits per heavy atom. The summed E-state index contributed by atoms with van der Waals surface area (Å²) in [5.74, 6) is 3.55. The Kier molecular flexibility index (Phi) is 3.29. The van der Waals surface area contributed by atoms with E-state index in [9.17, 15) is 0 Å². The molecule has 0 aromatic carbocycles. The van der Waals surface area contributed by atoms with Crippen molar-refractivity contribution in [3.05, 3.63) is 30.2 Å². The van der Waals surface area contributed by atoms with E-state index >= 15 is 0 Å². The number of rotatable bonds is 3. The Hall–Kier alpha value is -1.07. The molecule has 1 saturated heterocycles. The number of hydrogen-bond acceptors (Lipinski definition) is 4. The molecule has 1 N–H and O–H groups in total. The van der Waals surface area contributed by atoms with E-state index in [1.165, 1.54) is 24.3 Å². The fourth-order valence-electron chi connectivity index (χ4n) is 2.15. The van der Waals surface area contributed by atoms with Gasteiger partial charge in [-0.2, -0.15) is 11.8 Å². The van der Waals surface area contributed by atoms with Crippen LogP contribution in [-0.4, -0.2) is 32.1 Å². The fourth-order valence-corrected chi connectivity index (χ4v) is 3.26. The standard InChI is InChI=1S/C12H16N4S/c1-2-6-16-11(3-1)14-15-12(16)9-13-10-4-7-17-8-5-10/h1-3,6,10,13H,4-5,7-9H2. The van der Waals surface area contributed by atoms with Gasteiger partial charge in [0.25, 0.3) is 0 Å². The van der Waals surface area contributed by atoms with E-state index in [0.29, 0.717) is 6.04 Å². The van der Waals surface area contributed by atoms with Gasteiger partial charge in [-0.1, -0.05) is 6.07 Å². The molecule has 1 aliphatic heterocycles. The highest BCUT2D eigenvalue weighted by Crippen LogP contribution is 2.17. The molecule has 2 aromatic rings. The first-order valence-corrected chi connectivity index (χ1v) is 7.19. The Morgan fingerprint density at radius 2 is 2.18 bits per heavy atom. The van der Waals surface area contributed by atoms with Crippen LogP contribution in [0.4, 0.5) is 0 Å². The summed E-state index contributed by atoms with van der Waals surface area (Å²) in [6.07, 6.45) is 4.55. The third-order valence-electron chi connectivity index (χ3n) is 3.15. The van der Waals surface area contributed by atoms with Crippen LogP contribution in [0.15, 0.2) is 24.4 Å². The van der Waals surface area contributed by atoms with Crippen LogP contribution in [0.25, 0.3) is 5.65 Å². The van der Waals surface area contributed by atoms with Gasteiger partial charge >= 0.3 is 0 Å².